The summed E-state index contributed by atoms with van der Waals surface area (Å²) < 4.78 is 0. The fourth-order valence-electron chi connectivity index (χ4n) is 2.88. The first kappa shape index (κ1) is 11.4. The van der Waals surface area contributed by atoms with Crippen LogP contribution in [-0.2, 0) is 0 Å². The van der Waals surface area contributed by atoms with Crippen molar-refractivity contribution >= 4 is 11.9 Å². The Morgan fingerprint density at radius 2 is 2.44 bits per heavy atom. The van der Waals surface area contributed by atoms with Gasteiger partial charge in [0.15, 0.2) is 0 Å². The number of piperidine rings is 1. The summed E-state index contributed by atoms with van der Waals surface area (Å²) in [6.07, 6.45) is 1.81. The van der Waals surface area contributed by atoms with Gasteiger partial charge in [-0.05, 0) is 25.3 Å². The first-order chi connectivity index (χ1) is 7.63. The minimum absolute atomic E-state index is 0.159. The van der Waals surface area contributed by atoms with Crippen LogP contribution in [0, 0.1) is 5.92 Å². The summed E-state index contributed by atoms with van der Waals surface area (Å²) in [5, 5.41) is 3.34. The predicted molar refractivity (Wildman–Crippen MR) is 63.4 cm³/mol. The number of hydrogen-bond donors (Lipinski definition) is 2. The Labute approximate surface area is 96.1 Å². The molecule has 90 valence electrons. The lowest BCUT2D eigenvalue weighted by atomic mass is 9.77. The van der Waals surface area contributed by atoms with Crippen LogP contribution in [0.15, 0.2) is 4.99 Å². The van der Waals surface area contributed by atoms with Crippen LogP contribution in [0.3, 0.4) is 0 Å². The molecule has 16 heavy (non-hydrogen) atoms. The first-order valence-corrected chi connectivity index (χ1v) is 6.00. The van der Waals surface area contributed by atoms with Gasteiger partial charge in [-0.25, -0.2) is 4.79 Å². The lowest BCUT2D eigenvalue weighted by Gasteiger charge is -2.45. The molecular weight excluding hydrogens is 204 g/mol. The molecule has 0 radical (unpaired) electrons. The van der Waals surface area contributed by atoms with Gasteiger partial charge < -0.3 is 16.0 Å². The molecule has 0 aromatic carbocycles. The minimum atomic E-state index is -0.321. The van der Waals surface area contributed by atoms with E-state index in [1.54, 1.807) is 0 Å². The minimum Gasteiger partial charge on any atom is -0.385 e. The average molecular weight is 224 g/mol. The van der Waals surface area contributed by atoms with Crippen LogP contribution in [0.25, 0.3) is 0 Å². The van der Waals surface area contributed by atoms with Crippen molar-refractivity contribution in [2.24, 2.45) is 16.6 Å². The van der Waals surface area contributed by atoms with E-state index in [1.807, 2.05) is 4.90 Å². The highest BCUT2D eigenvalue weighted by atomic mass is 16.2. The number of nitrogens with one attached hydrogen (secondary N) is 1. The summed E-state index contributed by atoms with van der Waals surface area (Å²) in [6, 6.07) is -0.159. The number of amidine groups is 1. The smallest absolute Gasteiger partial charge is 0.346 e. The van der Waals surface area contributed by atoms with Crippen LogP contribution in [-0.4, -0.2) is 41.9 Å². The second kappa shape index (κ2) is 4.05. The molecule has 1 saturated heterocycles. The number of urea groups is 1. The largest absolute Gasteiger partial charge is 0.385 e. The molecule has 5 heteroatoms. The molecule has 2 rings (SSSR count). The Kier molecular flexibility index (Phi) is 2.88. The van der Waals surface area contributed by atoms with Gasteiger partial charge in [-0.1, -0.05) is 13.8 Å². The third-order valence-corrected chi connectivity index (χ3v) is 3.77. The second-order valence-corrected chi connectivity index (χ2v) is 4.71. The van der Waals surface area contributed by atoms with E-state index in [2.05, 4.69) is 24.2 Å². The van der Waals surface area contributed by atoms with Crippen molar-refractivity contribution in [1.29, 1.82) is 0 Å². The second-order valence-electron chi connectivity index (χ2n) is 4.71. The normalized spacial score (nSPS) is 34.6. The molecule has 1 spiro atoms. The Morgan fingerprint density at radius 1 is 1.69 bits per heavy atom. The molecule has 3 N–H and O–H groups in total. The van der Waals surface area contributed by atoms with Crippen molar-refractivity contribution in [2.75, 3.05) is 19.6 Å². The Hall–Kier alpha value is -1.10. The molecular formula is C11H20N4O. The zero-order valence-corrected chi connectivity index (χ0v) is 9.99. The van der Waals surface area contributed by atoms with Gasteiger partial charge in [-0.15, -0.1) is 0 Å². The lowest BCUT2D eigenvalue weighted by molar-refractivity contribution is 0.110. The topological polar surface area (TPSA) is 70.7 Å². The Bertz CT molecular complexity index is 328. The van der Waals surface area contributed by atoms with Gasteiger partial charge in [0.2, 0.25) is 0 Å². The number of nitrogens with zero attached hydrogens (tertiary/aromatic N) is 2. The van der Waals surface area contributed by atoms with E-state index in [9.17, 15) is 4.79 Å². The van der Waals surface area contributed by atoms with Crippen molar-refractivity contribution in [3.8, 4) is 0 Å². The summed E-state index contributed by atoms with van der Waals surface area (Å²) in [5.74, 6) is 0.836. The molecule has 0 aliphatic carbocycles. The van der Waals surface area contributed by atoms with Gasteiger partial charge in [0.05, 0.1) is 0 Å². The van der Waals surface area contributed by atoms with E-state index in [4.69, 9.17) is 5.73 Å². The fraction of sp³-hybridized carbons (Fsp3) is 0.818. The highest BCUT2D eigenvalue weighted by molar-refractivity contribution is 6.06. The maximum Gasteiger partial charge on any atom is 0.346 e. The number of hydrogen-bond acceptors (Lipinski definition) is 3. The molecule has 0 aromatic heterocycles. The quantitative estimate of drug-likeness (QED) is 0.720. The monoisotopic (exact) mass is 224 g/mol. The summed E-state index contributed by atoms with van der Waals surface area (Å²) in [5.41, 5.74) is 5.68. The van der Waals surface area contributed by atoms with E-state index in [1.165, 1.54) is 0 Å². The van der Waals surface area contributed by atoms with Crippen LogP contribution in [0.1, 0.15) is 26.7 Å². The molecule has 0 bridgehead atoms. The standard InChI is InChI=1S/C11H20N4O/c1-3-6-15-10(16)14-9(12)11(15)4-5-13-7-8(11)2/h8,13H,3-7H2,1-2H3,(H2,12,14,16). The summed E-state index contributed by atoms with van der Waals surface area (Å²) >= 11 is 0. The zero-order chi connectivity index (χ0) is 11.8. The van der Waals surface area contributed by atoms with Gasteiger partial charge in [-0.2, -0.15) is 4.99 Å². The van der Waals surface area contributed by atoms with E-state index in [-0.39, 0.29) is 11.6 Å². The van der Waals surface area contributed by atoms with Crippen molar-refractivity contribution in [1.82, 2.24) is 10.2 Å². The maximum atomic E-state index is 11.8. The number of amides is 2. The SMILES string of the molecule is CCCN1C(=O)N=C(N)C12CCNCC2C. The van der Waals surface area contributed by atoms with Crippen LogP contribution >= 0.6 is 0 Å². The third-order valence-electron chi connectivity index (χ3n) is 3.77. The average Bonchev–Trinajstić information content (AvgIpc) is 2.48. The predicted octanol–water partition coefficient (Wildman–Crippen LogP) is 0.557. The lowest BCUT2D eigenvalue weighted by Crippen LogP contribution is -2.63. The molecule has 2 aliphatic heterocycles. The van der Waals surface area contributed by atoms with Gasteiger partial charge in [0.25, 0.3) is 0 Å². The highest BCUT2D eigenvalue weighted by Crippen LogP contribution is 2.35. The van der Waals surface area contributed by atoms with E-state index in [0.717, 1.165) is 32.5 Å². The molecule has 2 amide bonds. The van der Waals surface area contributed by atoms with Crippen LogP contribution in [0.5, 0.6) is 0 Å². The van der Waals surface area contributed by atoms with E-state index < -0.39 is 0 Å². The van der Waals surface area contributed by atoms with E-state index >= 15 is 0 Å². The third kappa shape index (κ3) is 1.42. The number of nitrogens with two attached hydrogens (primary N) is 1. The molecule has 5 nitrogen and oxygen atoms in total. The molecule has 0 saturated carbocycles. The Morgan fingerprint density at radius 3 is 3.06 bits per heavy atom. The number of rotatable bonds is 2. The molecule has 1 fully saturated rings. The van der Waals surface area contributed by atoms with Gasteiger partial charge >= 0.3 is 6.03 Å². The summed E-state index contributed by atoms with van der Waals surface area (Å²) in [7, 11) is 0. The van der Waals surface area contributed by atoms with Crippen LogP contribution in [0.2, 0.25) is 0 Å². The number of aliphatic imine (C=N–C) groups is 1. The van der Waals surface area contributed by atoms with Crippen molar-refractivity contribution in [2.45, 2.75) is 32.2 Å². The zero-order valence-electron chi connectivity index (χ0n) is 9.99. The summed E-state index contributed by atoms with van der Waals surface area (Å²) in [4.78, 5) is 17.7. The van der Waals surface area contributed by atoms with Gasteiger partial charge in [0.1, 0.15) is 11.4 Å². The molecule has 2 unspecified atom stereocenters. The van der Waals surface area contributed by atoms with Gasteiger partial charge in [-0.3, -0.25) is 0 Å². The fourth-order valence-corrected chi connectivity index (χ4v) is 2.88. The van der Waals surface area contributed by atoms with Crippen molar-refractivity contribution < 1.29 is 4.79 Å². The van der Waals surface area contributed by atoms with Crippen LogP contribution < -0.4 is 11.1 Å². The van der Waals surface area contributed by atoms with Gasteiger partial charge in [0, 0.05) is 13.1 Å². The molecule has 2 aliphatic rings. The first-order valence-electron chi connectivity index (χ1n) is 6.00. The molecule has 2 atom stereocenters. The van der Waals surface area contributed by atoms with Crippen molar-refractivity contribution in [3.05, 3.63) is 0 Å². The van der Waals surface area contributed by atoms with Crippen LogP contribution in [0.4, 0.5) is 4.79 Å². The van der Waals surface area contributed by atoms with E-state index in [0.29, 0.717) is 11.8 Å². The van der Waals surface area contributed by atoms with Crippen molar-refractivity contribution in [3.63, 3.8) is 0 Å². The number of carbonyl (C=O) groups is 1. The number of carbonyl (C=O) groups excluding carboxylic acids is 1. The maximum absolute atomic E-state index is 11.8. The molecule has 0 aromatic rings. The summed E-state index contributed by atoms with van der Waals surface area (Å²) in [6.45, 7) is 6.74. The highest BCUT2D eigenvalue weighted by Gasteiger charge is 2.52. The Balaban J connectivity index is 2.34. The molecule has 2 heterocycles.